The number of nitrogens with two attached hydrogens (primary N) is 2. The number of halogens is 2. The summed E-state index contributed by atoms with van der Waals surface area (Å²) in [5, 5.41) is 5.58. The van der Waals surface area contributed by atoms with E-state index in [1.807, 2.05) is 6.07 Å². The number of thiazole rings is 1. The molecule has 5 heterocycles. The summed E-state index contributed by atoms with van der Waals surface area (Å²) in [4.78, 5) is 25.6. The molecule has 12 heteroatoms. The van der Waals surface area contributed by atoms with E-state index in [1.54, 1.807) is 22.4 Å². The van der Waals surface area contributed by atoms with Crippen molar-refractivity contribution in [2.24, 2.45) is 5.73 Å². The Hall–Kier alpha value is -2.44. The zero-order valence-electron chi connectivity index (χ0n) is 20.0. The van der Waals surface area contributed by atoms with Crippen molar-refractivity contribution in [2.45, 2.75) is 42.3 Å². The molecule has 0 amide bonds. The van der Waals surface area contributed by atoms with Crippen molar-refractivity contribution >= 4 is 68.5 Å². The summed E-state index contributed by atoms with van der Waals surface area (Å²) in [5.74, 6) is 0.819. The largest absolute Gasteiger partial charge is 0.375 e. The Labute approximate surface area is 225 Å². The standard InChI is InChI=1S/C25H27ClFN7OS2/c1-2-18(27)22-19(31-24(29)37-22)8-15-17(26)7-16-20-21(15)36-11-14(5-6-28)34(20)25(35)32-23(16)33-9-12-3-4-13(10-33)30-12/h2,7-8,12-14,30H,1,3-6,9-11,28H2,(H2,29,31)/b19-8-,22-18-/t12?,13?,14-/m0/s1. The molecule has 2 fully saturated rings. The maximum atomic E-state index is 14.5. The molecule has 1 aromatic carbocycles. The van der Waals surface area contributed by atoms with Crippen LogP contribution in [0.3, 0.4) is 0 Å². The average Bonchev–Trinajstić information content (AvgIpc) is 3.43. The predicted octanol–water partition coefficient (Wildman–Crippen LogP) is 2.12. The first kappa shape index (κ1) is 24.9. The monoisotopic (exact) mass is 559 g/mol. The highest BCUT2D eigenvalue weighted by molar-refractivity contribution is 7.99. The third-order valence-corrected chi connectivity index (χ3v) is 9.76. The Kier molecular flexibility index (Phi) is 6.52. The topological polar surface area (TPSA) is 115 Å². The zero-order chi connectivity index (χ0) is 25.8. The number of nitrogen functional groups attached to an aromatic ring is 1. The molecule has 0 aliphatic carbocycles. The van der Waals surface area contributed by atoms with Gasteiger partial charge in [-0.25, -0.2) is 14.2 Å². The lowest BCUT2D eigenvalue weighted by molar-refractivity contribution is 0.461. The Balaban J connectivity index is 1.64. The van der Waals surface area contributed by atoms with Gasteiger partial charge in [0.05, 0.1) is 15.4 Å². The number of benzene rings is 1. The van der Waals surface area contributed by atoms with Crippen molar-refractivity contribution < 1.29 is 4.39 Å². The van der Waals surface area contributed by atoms with Crippen LogP contribution < -0.4 is 37.3 Å². The molecule has 0 radical (unpaired) electrons. The summed E-state index contributed by atoms with van der Waals surface area (Å²) in [6.45, 7) is 5.57. The van der Waals surface area contributed by atoms with Gasteiger partial charge in [0.1, 0.15) is 11.6 Å². The molecule has 0 spiro atoms. The van der Waals surface area contributed by atoms with Gasteiger partial charge in [0.2, 0.25) is 0 Å². The Morgan fingerprint density at radius 3 is 2.78 bits per heavy atom. The molecule has 3 aromatic rings. The maximum absolute atomic E-state index is 14.5. The highest BCUT2D eigenvalue weighted by Gasteiger charge is 2.35. The summed E-state index contributed by atoms with van der Waals surface area (Å²) >= 11 is 9.60. The molecule has 8 nitrogen and oxygen atoms in total. The van der Waals surface area contributed by atoms with E-state index in [0.29, 0.717) is 57.1 Å². The Bertz CT molecular complexity index is 1590. The quantitative estimate of drug-likeness (QED) is 0.435. The molecule has 3 aliphatic heterocycles. The normalized spacial score (nSPS) is 24.1. The number of anilines is 2. The minimum atomic E-state index is -0.501. The van der Waals surface area contributed by atoms with E-state index in [9.17, 15) is 9.18 Å². The van der Waals surface area contributed by atoms with Crippen LogP contribution in [0.2, 0.25) is 5.02 Å². The highest BCUT2D eigenvalue weighted by atomic mass is 35.5. The first-order chi connectivity index (χ1) is 17.9. The van der Waals surface area contributed by atoms with Gasteiger partial charge in [0.15, 0.2) is 5.13 Å². The van der Waals surface area contributed by atoms with Crippen LogP contribution in [-0.4, -0.2) is 52.0 Å². The molecule has 3 aliphatic rings. The summed E-state index contributed by atoms with van der Waals surface area (Å²) in [5.41, 5.74) is 13.0. The van der Waals surface area contributed by atoms with Gasteiger partial charge in [-0.2, -0.15) is 4.98 Å². The second-order valence-corrected chi connectivity index (χ2v) is 12.1. The second-order valence-electron chi connectivity index (χ2n) is 9.63. The number of nitrogens with one attached hydrogen (secondary N) is 1. The van der Waals surface area contributed by atoms with E-state index >= 15 is 0 Å². The van der Waals surface area contributed by atoms with Crippen LogP contribution in [-0.2, 0) is 0 Å². The fourth-order valence-corrected chi connectivity index (χ4v) is 8.08. The van der Waals surface area contributed by atoms with Gasteiger partial charge >= 0.3 is 5.69 Å². The first-order valence-electron chi connectivity index (χ1n) is 12.3. The minimum Gasteiger partial charge on any atom is -0.375 e. The number of hydrogen-bond donors (Lipinski definition) is 3. The van der Waals surface area contributed by atoms with Crippen molar-refractivity contribution in [1.82, 2.24) is 19.9 Å². The van der Waals surface area contributed by atoms with E-state index in [1.165, 1.54) is 0 Å². The third-order valence-electron chi connectivity index (χ3n) is 7.28. The van der Waals surface area contributed by atoms with Crippen molar-refractivity contribution in [1.29, 1.82) is 0 Å². The minimum absolute atomic E-state index is 0.0794. The molecule has 0 saturated carbocycles. The highest BCUT2D eigenvalue weighted by Crippen LogP contribution is 2.44. The molecule has 2 saturated heterocycles. The number of hydrogen-bond acceptors (Lipinski definition) is 9. The summed E-state index contributed by atoms with van der Waals surface area (Å²) in [6, 6.07) is 2.57. The summed E-state index contributed by atoms with van der Waals surface area (Å²) < 4.78 is 16.6. The number of nitrogens with zero attached hydrogens (tertiary/aromatic N) is 4. The van der Waals surface area contributed by atoms with Crippen LogP contribution in [0.1, 0.15) is 30.9 Å². The lowest BCUT2D eigenvalue weighted by Gasteiger charge is -2.36. The van der Waals surface area contributed by atoms with Crippen LogP contribution in [0.15, 0.2) is 28.4 Å². The number of aromatic nitrogens is 3. The SMILES string of the molecule is C=C/C(F)=c1/sc(N)n/c1=C\c1c(Cl)cc2c(N3CC4CCC(C3)N4)nc(=O)n3c2c1SC[C@@H]3CCN. The summed E-state index contributed by atoms with van der Waals surface area (Å²) in [6.07, 6.45) is 5.78. The van der Waals surface area contributed by atoms with Crippen LogP contribution in [0.4, 0.5) is 15.3 Å². The molecule has 194 valence electrons. The fraction of sp³-hybridized carbons (Fsp3) is 0.400. The van der Waals surface area contributed by atoms with Gasteiger partial charge < -0.3 is 21.7 Å². The van der Waals surface area contributed by atoms with Crippen molar-refractivity contribution in [3.8, 4) is 0 Å². The Morgan fingerprint density at radius 2 is 2.08 bits per heavy atom. The lowest BCUT2D eigenvalue weighted by atomic mass is 10.1. The van der Waals surface area contributed by atoms with E-state index in [2.05, 4.69) is 26.8 Å². The molecule has 6 rings (SSSR count). The number of piperazine rings is 1. The van der Waals surface area contributed by atoms with Crippen molar-refractivity contribution in [2.75, 3.05) is 36.0 Å². The van der Waals surface area contributed by atoms with Gasteiger partial charge in [-0.15, -0.1) is 11.8 Å². The molecule has 2 bridgehead atoms. The molecule has 3 atom stereocenters. The van der Waals surface area contributed by atoms with Crippen LogP contribution >= 0.6 is 34.7 Å². The molecular formula is C25H27ClFN7OS2. The van der Waals surface area contributed by atoms with E-state index < -0.39 is 5.83 Å². The van der Waals surface area contributed by atoms with Crippen LogP contribution in [0.25, 0.3) is 22.8 Å². The number of fused-ring (bicyclic) bond motifs is 2. The Morgan fingerprint density at radius 1 is 1.32 bits per heavy atom. The first-order valence-corrected chi connectivity index (χ1v) is 14.4. The smallest absolute Gasteiger partial charge is 0.350 e. The van der Waals surface area contributed by atoms with Crippen LogP contribution in [0, 0.1) is 0 Å². The van der Waals surface area contributed by atoms with Gasteiger partial charge in [0.25, 0.3) is 0 Å². The van der Waals surface area contributed by atoms with Crippen LogP contribution in [0.5, 0.6) is 0 Å². The van der Waals surface area contributed by atoms with Gasteiger partial charge in [-0.3, -0.25) is 4.57 Å². The maximum Gasteiger partial charge on any atom is 0.350 e. The second kappa shape index (κ2) is 9.70. The van der Waals surface area contributed by atoms with E-state index in [0.717, 1.165) is 59.1 Å². The average molecular weight is 560 g/mol. The predicted molar refractivity (Wildman–Crippen MR) is 151 cm³/mol. The molecule has 2 aromatic heterocycles. The molecule has 2 unspecified atom stereocenters. The zero-order valence-corrected chi connectivity index (χ0v) is 22.4. The lowest BCUT2D eigenvalue weighted by Crippen LogP contribution is -2.52. The molecular weight excluding hydrogens is 533 g/mol. The van der Waals surface area contributed by atoms with Gasteiger partial charge in [-0.05, 0) is 44.0 Å². The molecule has 5 N–H and O–H groups in total. The van der Waals surface area contributed by atoms with Crippen molar-refractivity contribution in [3.05, 3.63) is 49.7 Å². The summed E-state index contributed by atoms with van der Waals surface area (Å²) in [7, 11) is 0. The van der Waals surface area contributed by atoms with Gasteiger partial charge in [0, 0.05) is 57.8 Å². The third kappa shape index (κ3) is 4.26. The van der Waals surface area contributed by atoms with E-state index in [-0.39, 0.29) is 16.9 Å². The molecule has 37 heavy (non-hydrogen) atoms. The van der Waals surface area contributed by atoms with Gasteiger partial charge in [-0.1, -0.05) is 29.5 Å². The number of thioether (sulfide) groups is 1. The number of rotatable bonds is 5. The fourth-order valence-electron chi connectivity index (χ4n) is 5.68. The number of allylic oxidation sites excluding steroid dienone is 1. The van der Waals surface area contributed by atoms with Crippen molar-refractivity contribution in [3.63, 3.8) is 0 Å². The van der Waals surface area contributed by atoms with E-state index in [4.69, 9.17) is 23.1 Å².